The van der Waals surface area contributed by atoms with Gasteiger partial charge in [-0.05, 0) is 53.6 Å². The summed E-state index contributed by atoms with van der Waals surface area (Å²) in [6.45, 7) is 2.15. The number of nitro benzene ring substituents is 1. The summed E-state index contributed by atoms with van der Waals surface area (Å²) in [7, 11) is 0. The zero-order valence-electron chi connectivity index (χ0n) is 19.4. The first-order valence-corrected chi connectivity index (χ1v) is 12.0. The molecule has 6 nitrogen and oxygen atoms in total. The van der Waals surface area contributed by atoms with E-state index in [1.807, 2.05) is 0 Å². The van der Waals surface area contributed by atoms with Gasteiger partial charge in [-0.2, -0.15) is 0 Å². The van der Waals surface area contributed by atoms with E-state index in [1.165, 1.54) is 57.8 Å². The molecule has 1 heterocycles. The number of nitro groups is 1. The second-order valence-corrected chi connectivity index (χ2v) is 8.83. The maximum Gasteiger partial charge on any atom is 0.269 e. The van der Waals surface area contributed by atoms with E-state index < -0.39 is 4.92 Å². The van der Waals surface area contributed by atoms with Crippen LogP contribution in [0.4, 0.5) is 5.69 Å². The van der Waals surface area contributed by atoms with Gasteiger partial charge in [0.15, 0.2) is 0 Å². The molecule has 0 aromatic heterocycles. The lowest BCUT2D eigenvalue weighted by Gasteiger charge is -2.34. The maximum absolute atomic E-state index is 12.6. The highest BCUT2D eigenvalue weighted by molar-refractivity contribution is 5.95. The van der Waals surface area contributed by atoms with E-state index in [2.05, 4.69) is 70.9 Å². The minimum atomic E-state index is -0.466. The second-order valence-electron chi connectivity index (χ2n) is 8.83. The molecule has 0 bridgehead atoms. The van der Waals surface area contributed by atoms with Gasteiger partial charge in [0.25, 0.3) is 11.6 Å². The molecule has 1 aliphatic carbocycles. The Hall–Kier alpha value is -4.19. The van der Waals surface area contributed by atoms with Crippen LogP contribution in [0.1, 0.15) is 51.9 Å². The van der Waals surface area contributed by atoms with Crippen LogP contribution in [-0.4, -0.2) is 35.4 Å². The highest BCUT2D eigenvalue weighted by Gasteiger charge is 2.24. The molecule has 1 fully saturated rings. The number of rotatable bonds is 5. The Morgan fingerprint density at radius 3 is 2.14 bits per heavy atom. The zero-order valence-corrected chi connectivity index (χ0v) is 19.4. The van der Waals surface area contributed by atoms with Crippen molar-refractivity contribution in [2.24, 2.45) is 0 Å². The van der Waals surface area contributed by atoms with E-state index in [0.29, 0.717) is 18.7 Å². The fraction of sp³-hybridized carbons (Fsp3) is 0.207. The van der Waals surface area contributed by atoms with Gasteiger partial charge in [0.2, 0.25) is 0 Å². The monoisotopic (exact) mass is 465 g/mol. The van der Waals surface area contributed by atoms with Crippen molar-refractivity contribution in [2.45, 2.75) is 19.3 Å². The molecule has 176 valence electrons. The molecule has 5 rings (SSSR count). The van der Waals surface area contributed by atoms with Crippen molar-refractivity contribution < 1.29 is 9.72 Å². The van der Waals surface area contributed by atoms with Crippen LogP contribution in [0.25, 0.3) is 17.7 Å². The van der Waals surface area contributed by atoms with Gasteiger partial charge in [0.05, 0.1) is 4.92 Å². The molecule has 0 saturated carbocycles. The first kappa shape index (κ1) is 22.6. The van der Waals surface area contributed by atoms with Crippen molar-refractivity contribution in [3.8, 4) is 0 Å². The zero-order chi connectivity index (χ0) is 24.2. The SMILES string of the molecule is O=C(NCCN1CCCCC1=C1c2ccccc2C=Cc2ccccc21)c1ccc([N+](=O)[O-])cc1. The summed E-state index contributed by atoms with van der Waals surface area (Å²) in [5.74, 6) is -0.222. The number of fused-ring (bicyclic) bond motifs is 2. The Labute approximate surface area is 204 Å². The van der Waals surface area contributed by atoms with Crippen LogP contribution in [0.5, 0.6) is 0 Å². The predicted molar refractivity (Wildman–Crippen MR) is 139 cm³/mol. The van der Waals surface area contributed by atoms with Gasteiger partial charge in [-0.15, -0.1) is 0 Å². The van der Waals surface area contributed by atoms with Gasteiger partial charge >= 0.3 is 0 Å². The van der Waals surface area contributed by atoms with Crippen molar-refractivity contribution in [3.05, 3.63) is 116 Å². The number of nitrogens with one attached hydrogen (secondary N) is 1. The number of hydrogen-bond donors (Lipinski definition) is 1. The second kappa shape index (κ2) is 9.97. The minimum Gasteiger partial charge on any atom is -0.373 e. The number of hydrogen-bond acceptors (Lipinski definition) is 4. The van der Waals surface area contributed by atoms with Crippen molar-refractivity contribution in [1.82, 2.24) is 10.2 Å². The molecule has 0 atom stereocenters. The number of allylic oxidation sites excluding steroid dienone is 1. The van der Waals surface area contributed by atoms with Crippen LogP contribution in [0.3, 0.4) is 0 Å². The number of amides is 1. The summed E-state index contributed by atoms with van der Waals surface area (Å²) in [4.78, 5) is 25.4. The summed E-state index contributed by atoms with van der Waals surface area (Å²) in [5.41, 5.74) is 7.91. The smallest absolute Gasteiger partial charge is 0.269 e. The standard InChI is InChI=1S/C29H27N3O3/c33-29(23-14-16-24(17-15-23)32(34)35)30-18-20-31-19-6-5-11-27(31)28-25-9-3-1-7-21(25)12-13-22-8-2-4-10-26(22)28/h1-4,7-10,12-17H,5-6,11,18-20H2,(H,30,33). The van der Waals surface area contributed by atoms with Gasteiger partial charge in [-0.3, -0.25) is 14.9 Å². The largest absolute Gasteiger partial charge is 0.373 e. The number of non-ortho nitro benzene ring substituents is 1. The fourth-order valence-electron chi connectivity index (χ4n) is 4.93. The number of nitrogens with zero attached hydrogens (tertiary/aromatic N) is 2. The van der Waals surface area contributed by atoms with Gasteiger partial charge in [0.1, 0.15) is 0 Å². The van der Waals surface area contributed by atoms with E-state index in [4.69, 9.17) is 0 Å². The van der Waals surface area contributed by atoms with Gasteiger partial charge in [0, 0.05) is 48.6 Å². The van der Waals surface area contributed by atoms with Crippen molar-refractivity contribution >= 4 is 29.3 Å². The van der Waals surface area contributed by atoms with Crippen LogP contribution < -0.4 is 5.32 Å². The van der Waals surface area contributed by atoms with E-state index >= 15 is 0 Å². The highest BCUT2D eigenvalue weighted by atomic mass is 16.6. The number of benzene rings is 3. The van der Waals surface area contributed by atoms with Crippen LogP contribution in [0.15, 0.2) is 78.5 Å². The van der Waals surface area contributed by atoms with E-state index in [1.54, 1.807) is 0 Å². The quantitative estimate of drug-likeness (QED) is 0.301. The van der Waals surface area contributed by atoms with Gasteiger partial charge < -0.3 is 10.2 Å². The minimum absolute atomic E-state index is 0.0235. The Balaban J connectivity index is 1.40. The van der Waals surface area contributed by atoms with Crippen LogP contribution in [0.2, 0.25) is 0 Å². The number of piperidine rings is 1. The Kier molecular flexibility index (Phi) is 6.44. The predicted octanol–water partition coefficient (Wildman–Crippen LogP) is 5.75. The Bertz CT molecular complexity index is 1270. The van der Waals surface area contributed by atoms with E-state index in [9.17, 15) is 14.9 Å². The van der Waals surface area contributed by atoms with E-state index in [0.717, 1.165) is 25.8 Å². The average Bonchev–Trinajstić information content (AvgIpc) is 3.06. The molecule has 0 unspecified atom stereocenters. The van der Waals surface area contributed by atoms with Crippen molar-refractivity contribution in [3.63, 3.8) is 0 Å². The highest BCUT2D eigenvalue weighted by Crippen LogP contribution is 2.39. The molecule has 1 aliphatic heterocycles. The summed E-state index contributed by atoms with van der Waals surface area (Å²) in [6.07, 6.45) is 7.64. The fourth-order valence-corrected chi connectivity index (χ4v) is 4.93. The number of likely N-dealkylation sites (tertiary alicyclic amines) is 1. The first-order chi connectivity index (χ1) is 17.1. The topological polar surface area (TPSA) is 75.5 Å². The lowest BCUT2D eigenvalue weighted by molar-refractivity contribution is -0.384. The maximum atomic E-state index is 12.6. The average molecular weight is 466 g/mol. The van der Waals surface area contributed by atoms with Crippen LogP contribution >= 0.6 is 0 Å². The molecule has 1 amide bonds. The van der Waals surface area contributed by atoms with E-state index in [-0.39, 0.29) is 11.6 Å². The molecule has 35 heavy (non-hydrogen) atoms. The molecule has 2 aliphatic rings. The number of carbonyl (C=O) groups excluding carboxylic acids is 1. The Morgan fingerprint density at radius 2 is 1.51 bits per heavy atom. The molecule has 6 heteroatoms. The van der Waals surface area contributed by atoms with Crippen molar-refractivity contribution in [1.29, 1.82) is 0 Å². The molecule has 0 spiro atoms. The first-order valence-electron chi connectivity index (χ1n) is 12.0. The molecule has 0 radical (unpaired) electrons. The van der Waals surface area contributed by atoms with Crippen molar-refractivity contribution in [2.75, 3.05) is 19.6 Å². The summed E-state index contributed by atoms with van der Waals surface area (Å²) < 4.78 is 0. The summed E-state index contributed by atoms with van der Waals surface area (Å²) in [6, 6.07) is 22.8. The summed E-state index contributed by atoms with van der Waals surface area (Å²) >= 11 is 0. The summed E-state index contributed by atoms with van der Waals surface area (Å²) in [5, 5.41) is 13.8. The lowest BCUT2D eigenvalue weighted by atomic mass is 9.89. The van der Waals surface area contributed by atoms with Crippen LogP contribution in [-0.2, 0) is 0 Å². The molecule has 1 N–H and O–H groups in total. The van der Waals surface area contributed by atoms with Gasteiger partial charge in [-0.1, -0.05) is 60.7 Å². The van der Waals surface area contributed by atoms with Gasteiger partial charge in [-0.25, -0.2) is 0 Å². The lowest BCUT2D eigenvalue weighted by Crippen LogP contribution is -2.37. The number of carbonyl (C=O) groups is 1. The normalized spacial score (nSPS) is 14.7. The van der Waals surface area contributed by atoms with Crippen LogP contribution in [0, 0.1) is 10.1 Å². The Morgan fingerprint density at radius 1 is 0.886 bits per heavy atom. The molecular weight excluding hydrogens is 438 g/mol. The molecule has 1 saturated heterocycles. The third-order valence-electron chi connectivity index (χ3n) is 6.67. The molecular formula is C29H27N3O3. The third-order valence-corrected chi connectivity index (χ3v) is 6.67. The molecule has 3 aromatic rings. The third kappa shape index (κ3) is 4.73. The molecule has 3 aromatic carbocycles.